The van der Waals surface area contributed by atoms with Gasteiger partial charge in [-0.2, -0.15) is 0 Å². The molecule has 1 aromatic rings. The van der Waals surface area contributed by atoms with Gasteiger partial charge in [0.15, 0.2) is 0 Å². The van der Waals surface area contributed by atoms with Crippen LogP contribution in [0.4, 0.5) is 0 Å². The van der Waals surface area contributed by atoms with Crippen LogP contribution in [0.3, 0.4) is 0 Å². The number of hydrogen-bond acceptors (Lipinski definition) is 2. The molecular weight excluding hydrogens is 226 g/mol. The van der Waals surface area contributed by atoms with Crippen molar-refractivity contribution in [2.75, 3.05) is 7.05 Å². The van der Waals surface area contributed by atoms with Crippen LogP contribution in [0.5, 0.6) is 5.75 Å². The molecule has 0 spiro atoms. The van der Waals surface area contributed by atoms with Crippen LogP contribution in [-0.4, -0.2) is 17.9 Å². The number of ether oxygens (including phenoxy) is 1. The van der Waals surface area contributed by atoms with Gasteiger partial charge in [0.25, 0.3) is 5.91 Å². The van der Waals surface area contributed by atoms with E-state index in [4.69, 9.17) is 4.74 Å². The Bertz CT molecular complexity index is 558. The second kappa shape index (κ2) is 3.87. The van der Waals surface area contributed by atoms with Gasteiger partial charge in [0.05, 0.1) is 0 Å². The van der Waals surface area contributed by atoms with E-state index in [0.29, 0.717) is 12.5 Å². The van der Waals surface area contributed by atoms with E-state index in [9.17, 15) is 4.79 Å². The minimum atomic E-state index is 0.0945. The van der Waals surface area contributed by atoms with Gasteiger partial charge in [0, 0.05) is 25.1 Å². The Morgan fingerprint density at radius 3 is 2.78 bits per heavy atom. The molecule has 3 nitrogen and oxygen atoms in total. The molecule has 2 heterocycles. The van der Waals surface area contributed by atoms with E-state index in [-0.39, 0.29) is 5.91 Å². The molecular formula is C15H17NO2. The van der Waals surface area contributed by atoms with Gasteiger partial charge < -0.3 is 9.64 Å². The lowest BCUT2D eigenvalue weighted by Crippen LogP contribution is -2.17. The molecule has 0 radical (unpaired) electrons. The molecule has 0 atom stereocenters. The normalized spacial score (nSPS) is 17.4. The highest BCUT2D eigenvalue weighted by molar-refractivity contribution is 5.98. The molecule has 3 rings (SSSR count). The predicted octanol–water partition coefficient (Wildman–Crippen LogP) is 2.75. The summed E-state index contributed by atoms with van der Waals surface area (Å²) in [6, 6.07) is 4.02. The van der Waals surface area contributed by atoms with Crippen LogP contribution in [-0.2, 0) is 13.0 Å². The fourth-order valence-corrected chi connectivity index (χ4v) is 2.53. The van der Waals surface area contributed by atoms with Gasteiger partial charge in [-0.25, -0.2) is 0 Å². The average Bonchev–Trinajstić information content (AvgIpc) is 2.61. The lowest BCUT2D eigenvalue weighted by Gasteiger charge is -2.21. The second-order valence-corrected chi connectivity index (χ2v) is 5.35. The van der Waals surface area contributed by atoms with Crippen LogP contribution in [0.25, 0.3) is 0 Å². The maximum Gasteiger partial charge on any atom is 0.254 e. The summed E-state index contributed by atoms with van der Waals surface area (Å²) in [5, 5.41) is 0. The average molecular weight is 243 g/mol. The van der Waals surface area contributed by atoms with E-state index in [1.807, 2.05) is 13.1 Å². The van der Waals surface area contributed by atoms with Crippen molar-refractivity contribution in [3.63, 3.8) is 0 Å². The summed E-state index contributed by atoms with van der Waals surface area (Å²) in [4.78, 5) is 13.7. The highest BCUT2D eigenvalue weighted by Crippen LogP contribution is 2.34. The molecule has 0 saturated carbocycles. The molecule has 2 aliphatic heterocycles. The number of carbonyl (C=O) groups is 1. The highest BCUT2D eigenvalue weighted by Gasteiger charge is 2.27. The van der Waals surface area contributed by atoms with Gasteiger partial charge in [-0.1, -0.05) is 13.8 Å². The predicted molar refractivity (Wildman–Crippen MR) is 69.5 cm³/mol. The molecule has 1 aromatic carbocycles. The second-order valence-electron chi connectivity index (χ2n) is 5.35. The Hall–Kier alpha value is -1.77. The Kier molecular flexibility index (Phi) is 2.44. The van der Waals surface area contributed by atoms with E-state index in [1.165, 1.54) is 5.56 Å². The number of allylic oxidation sites excluding steroid dienone is 2. The van der Waals surface area contributed by atoms with E-state index >= 15 is 0 Å². The maximum atomic E-state index is 12.0. The van der Waals surface area contributed by atoms with Crippen LogP contribution in [0.15, 0.2) is 24.0 Å². The Morgan fingerprint density at radius 2 is 2.06 bits per heavy atom. The third-order valence-corrected chi connectivity index (χ3v) is 3.59. The minimum Gasteiger partial charge on any atom is -0.461 e. The minimum absolute atomic E-state index is 0.0945. The van der Waals surface area contributed by atoms with Gasteiger partial charge >= 0.3 is 0 Å². The lowest BCUT2D eigenvalue weighted by atomic mass is 9.99. The summed E-state index contributed by atoms with van der Waals surface area (Å²) in [5.41, 5.74) is 3.09. The van der Waals surface area contributed by atoms with Crippen LogP contribution in [0.2, 0.25) is 0 Å². The van der Waals surface area contributed by atoms with Crippen molar-refractivity contribution in [1.29, 1.82) is 0 Å². The lowest BCUT2D eigenvalue weighted by molar-refractivity contribution is 0.0816. The van der Waals surface area contributed by atoms with E-state index in [2.05, 4.69) is 26.0 Å². The molecule has 0 aliphatic carbocycles. The van der Waals surface area contributed by atoms with E-state index in [0.717, 1.165) is 29.1 Å². The number of amides is 1. The van der Waals surface area contributed by atoms with Crippen molar-refractivity contribution in [1.82, 2.24) is 4.90 Å². The molecule has 3 heteroatoms. The Balaban J connectivity index is 2.01. The monoisotopic (exact) mass is 243 g/mol. The molecule has 0 N–H and O–H groups in total. The largest absolute Gasteiger partial charge is 0.461 e. The maximum absolute atomic E-state index is 12.0. The standard InChI is InChI=1S/C15H17NO2/c1-9(2)13-5-4-10-6-11-8-16(3)15(17)12(11)7-14(10)18-13/h5-7,9H,4,8H2,1-3H3. The third-order valence-electron chi connectivity index (χ3n) is 3.59. The topological polar surface area (TPSA) is 29.5 Å². The fourth-order valence-electron chi connectivity index (χ4n) is 2.53. The summed E-state index contributed by atoms with van der Waals surface area (Å²) in [6.45, 7) is 4.94. The molecule has 0 bridgehead atoms. The molecule has 94 valence electrons. The van der Waals surface area contributed by atoms with Crippen molar-refractivity contribution < 1.29 is 9.53 Å². The summed E-state index contributed by atoms with van der Waals surface area (Å²) in [6.07, 6.45) is 3.04. The molecule has 0 unspecified atom stereocenters. The number of hydrogen-bond donors (Lipinski definition) is 0. The van der Waals surface area contributed by atoms with Crippen molar-refractivity contribution in [3.05, 3.63) is 40.7 Å². The SMILES string of the molecule is CC(C)C1=CCc2cc3c(cc2O1)C(=O)N(C)C3. The van der Waals surface area contributed by atoms with Gasteiger partial charge in [-0.3, -0.25) is 4.79 Å². The Morgan fingerprint density at radius 1 is 1.28 bits per heavy atom. The number of benzene rings is 1. The number of nitrogens with zero attached hydrogens (tertiary/aromatic N) is 1. The molecule has 2 aliphatic rings. The highest BCUT2D eigenvalue weighted by atomic mass is 16.5. The number of rotatable bonds is 1. The number of carbonyl (C=O) groups excluding carboxylic acids is 1. The van der Waals surface area contributed by atoms with Crippen LogP contribution in [0.1, 0.15) is 35.3 Å². The first-order valence-electron chi connectivity index (χ1n) is 6.35. The zero-order chi connectivity index (χ0) is 12.9. The van der Waals surface area contributed by atoms with Gasteiger partial charge in [0.2, 0.25) is 0 Å². The van der Waals surface area contributed by atoms with Crippen molar-refractivity contribution >= 4 is 5.91 Å². The van der Waals surface area contributed by atoms with Crippen molar-refractivity contribution in [2.24, 2.45) is 5.92 Å². The van der Waals surface area contributed by atoms with E-state index < -0.39 is 0 Å². The first-order chi connectivity index (χ1) is 8.56. The first kappa shape index (κ1) is 11.3. The molecule has 18 heavy (non-hydrogen) atoms. The smallest absolute Gasteiger partial charge is 0.254 e. The quantitative estimate of drug-likeness (QED) is 0.759. The summed E-state index contributed by atoms with van der Waals surface area (Å²) >= 11 is 0. The summed E-state index contributed by atoms with van der Waals surface area (Å²) in [7, 11) is 1.83. The zero-order valence-corrected chi connectivity index (χ0v) is 11.0. The van der Waals surface area contributed by atoms with E-state index in [1.54, 1.807) is 4.90 Å². The van der Waals surface area contributed by atoms with Crippen LogP contribution in [0, 0.1) is 5.92 Å². The van der Waals surface area contributed by atoms with Crippen molar-refractivity contribution in [2.45, 2.75) is 26.8 Å². The van der Waals surface area contributed by atoms with Gasteiger partial charge in [-0.15, -0.1) is 0 Å². The van der Waals surface area contributed by atoms with Crippen LogP contribution < -0.4 is 4.74 Å². The third kappa shape index (κ3) is 1.62. The van der Waals surface area contributed by atoms with Crippen molar-refractivity contribution in [3.8, 4) is 5.75 Å². The summed E-state index contributed by atoms with van der Waals surface area (Å²) in [5.74, 6) is 2.33. The zero-order valence-electron chi connectivity index (χ0n) is 11.0. The summed E-state index contributed by atoms with van der Waals surface area (Å²) < 4.78 is 5.89. The van der Waals surface area contributed by atoms with Gasteiger partial charge in [0.1, 0.15) is 11.5 Å². The molecule has 0 fully saturated rings. The molecule has 0 saturated heterocycles. The number of fused-ring (bicyclic) bond motifs is 2. The fraction of sp³-hybridized carbons (Fsp3) is 0.400. The molecule has 0 aromatic heterocycles. The molecule has 1 amide bonds. The van der Waals surface area contributed by atoms with Crippen LogP contribution >= 0.6 is 0 Å². The first-order valence-corrected chi connectivity index (χ1v) is 6.35. The van der Waals surface area contributed by atoms with Gasteiger partial charge in [-0.05, 0) is 35.8 Å². The Labute approximate surface area is 107 Å².